The zero-order valence-electron chi connectivity index (χ0n) is 10.7. The van der Waals surface area contributed by atoms with Crippen LogP contribution in [0.3, 0.4) is 0 Å². The molecule has 98 valence electrons. The van der Waals surface area contributed by atoms with Crippen LogP contribution in [-0.2, 0) is 0 Å². The lowest BCUT2D eigenvalue weighted by molar-refractivity contribution is 0.0735. The summed E-state index contributed by atoms with van der Waals surface area (Å²) in [7, 11) is 0. The van der Waals surface area contributed by atoms with E-state index in [9.17, 15) is 4.79 Å². The molecular formula is C13H17BrN2OS. The zero-order chi connectivity index (χ0) is 13.9. The maximum absolute atomic E-state index is 12.5. The van der Waals surface area contributed by atoms with Crippen molar-refractivity contribution in [2.45, 2.75) is 26.8 Å². The third-order valence-electron chi connectivity index (χ3n) is 2.56. The van der Waals surface area contributed by atoms with Gasteiger partial charge in [0.15, 0.2) is 0 Å². The highest BCUT2D eigenvalue weighted by Crippen LogP contribution is 2.20. The molecule has 0 aliphatic heterocycles. The largest absolute Gasteiger partial charge is 0.392 e. The lowest BCUT2D eigenvalue weighted by Crippen LogP contribution is -2.42. The zero-order valence-corrected chi connectivity index (χ0v) is 13.1. The molecule has 5 heteroatoms. The molecule has 3 nitrogen and oxygen atoms in total. The fourth-order valence-corrected chi connectivity index (χ4v) is 2.17. The van der Waals surface area contributed by atoms with E-state index in [0.717, 1.165) is 10.0 Å². The van der Waals surface area contributed by atoms with Crippen molar-refractivity contribution in [2.24, 2.45) is 5.73 Å². The van der Waals surface area contributed by atoms with Crippen molar-refractivity contribution in [3.05, 3.63) is 33.8 Å². The topological polar surface area (TPSA) is 46.3 Å². The minimum atomic E-state index is -0.0617. The summed E-state index contributed by atoms with van der Waals surface area (Å²) in [5.74, 6) is -0.0617. The molecule has 0 heterocycles. The molecule has 0 aromatic heterocycles. The number of carbonyl (C=O) groups is 1. The maximum Gasteiger partial charge on any atom is 0.255 e. The van der Waals surface area contributed by atoms with Crippen molar-refractivity contribution in [1.82, 2.24) is 4.90 Å². The summed E-state index contributed by atoms with van der Waals surface area (Å²) in [5.41, 5.74) is 7.22. The van der Waals surface area contributed by atoms with Gasteiger partial charge in [0, 0.05) is 10.5 Å². The SMILES string of the molecule is Cc1ccc(Br)c(C(=O)N(CC(N)=S)C(C)C)c1. The Kier molecular flexibility index (Phi) is 5.28. The van der Waals surface area contributed by atoms with E-state index in [1.165, 1.54) is 0 Å². The van der Waals surface area contributed by atoms with Gasteiger partial charge in [0.05, 0.1) is 17.1 Å². The van der Waals surface area contributed by atoms with Crippen molar-refractivity contribution in [3.63, 3.8) is 0 Å². The summed E-state index contributed by atoms with van der Waals surface area (Å²) in [6.07, 6.45) is 0. The van der Waals surface area contributed by atoms with E-state index in [0.29, 0.717) is 17.1 Å². The molecule has 0 aliphatic rings. The Morgan fingerprint density at radius 2 is 2.11 bits per heavy atom. The summed E-state index contributed by atoms with van der Waals surface area (Å²) < 4.78 is 0.784. The Morgan fingerprint density at radius 1 is 1.50 bits per heavy atom. The van der Waals surface area contributed by atoms with Gasteiger partial charge in [-0.25, -0.2) is 0 Å². The fourth-order valence-electron chi connectivity index (χ4n) is 1.61. The van der Waals surface area contributed by atoms with E-state index in [-0.39, 0.29) is 11.9 Å². The molecule has 1 rings (SSSR count). The predicted molar refractivity (Wildman–Crippen MR) is 81.8 cm³/mol. The molecule has 1 amide bonds. The van der Waals surface area contributed by atoms with E-state index in [1.54, 1.807) is 4.90 Å². The number of benzene rings is 1. The first-order valence-corrected chi connectivity index (χ1v) is 6.88. The lowest BCUT2D eigenvalue weighted by Gasteiger charge is -2.26. The quantitative estimate of drug-likeness (QED) is 0.864. The molecular weight excluding hydrogens is 312 g/mol. The number of hydrogen-bond donors (Lipinski definition) is 1. The Hall–Kier alpha value is -0.940. The molecule has 18 heavy (non-hydrogen) atoms. The normalized spacial score (nSPS) is 10.5. The molecule has 0 atom stereocenters. The van der Waals surface area contributed by atoms with Crippen LogP contribution >= 0.6 is 28.1 Å². The molecule has 0 spiro atoms. The Balaban J connectivity index is 3.09. The van der Waals surface area contributed by atoms with Gasteiger partial charge in [-0.3, -0.25) is 4.79 Å². The highest BCUT2D eigenvalue weighted by atomic mass is 79.9. The minimum absolute atomic E-state index is 0.0476. The second-order valence-corrected chi connectivity index (χ2v) is 5.86. The van der Waals surface area contributed by atoms with Gasteiger partial charge in [-0.1, -0.05) is 23.8 Å². The third-order valence-corrected chi connectivity index (χ3v) is 3.38. The van der Waals surface area contributed by atoms with Crippen LogP contribution in [0.5, 0.6) is 0 Å². The Labute approximate surface area is 121 Å². The molecule has 0 fully saturated rings. The standard InChI is InChI=1S/C13H17BrN2OS/c1-8(2)16(7-12(15)18)13(17)10-6-9(3)4-5-11(10)14/h4-6,8H,7H2,1-3H3,(H2,15,18). The highest BCUT2D eigenvalue weighted by molar-refractivity contribution is 9.10. The molecule has 0 aliphatic carbocycles. The number of hydrogen-bond acceptors (Lipinski definition) is 2. The van der Waals surface area contributed by atoms with Crippen LogP contribution < -0.4 is 5.73 Å². The maximum atomic E-state index is 12.5. The average Bonchev–Trinajstić information content (AvgIpc) is 2.27. The first-order chi connectivity index (χ1) is 8.32. The number of carbonyl (C=O) groups excluding carboxylic acids is 1. The fraction of sp³-hybridized carbons (Fsp3) is 0.385. The van der Waals surface area contributed by atoms with Crippen molar-refractivity contribution < 1.29 is 4.79 Å². The van der Waals surface area contributed by atoms with Crippen LogP contribution in [0.4, 0.5) is 0 Å². The van der Waals surface area contributed by atoms with E-state index in [2.05, 4.69) is 15.9 Å². The molecule has 0 saturated carbocycles. The van der Waals surface area contributed by atoms with Gasteiger partial charge in [0.2, 0.25) is 0 Å². The average molecular weight is 329 g/mol. The Bertz CT molecular complexity index is 474. The van der Waals surface area contributed by atoms with Gasteiger partial charge >= 0.3 is 0 Å². The second-order valence-electron chi connectivity index (χ2n) is 4.48. The summed E-state index contributed by atoms with van der Waals surface area (Å²) in [5, 5.41) is 0. The van der Waals surface area contributed by atoms with E-state index >= 15 is 0 Å². The molecule has 0 saturated heterocycles. The van der Waals surface area contributed by atoms with Gasteiger partial charge < -0.3 is 10.6 Å². The van der Waals surface area contributed by atoms with Gasteiger partial charge in [0.1, 0.15) is 0 Å². The molecule has 0 bridgehead atoms. The Morgan fingerprint density at radius 3 is 2.61 bits per heavy atom. The van der Waals surface area contributed by atoms with Crippen molar-refractivity contribution >= 4 is 39.0 Å². The summed E-state index contributed by atoms with van der Waals surface area (Å²) in [6.45, 7) is 6.14. The molecule has 1 aromatic carbocycles. The van der Waals surface area contributed by atoms with Crippen LogP contribution in [0.25, 0.3) is 0 Å². The molecule has 0 unspecified atom stereocenters. The van der Waals surface area contributed by atoms with Crippen molar-refractivity contribution in [3.8, 4) is 0 Å². The van der Waals surface area contributed by atoms with E-state index in [4.69, 9.17) is 18.0 Å². The number of amides is 1. The van der Waals surface area contributed by atoms with Gasteiger partial charge in [0.25, 0.3) is 5.91 Å². The monoisotopic (exact) mass is 328 g/mol. The van der Waals surface area contributed by atoms with Crippen LogP contribution in [0.15, 0.2) is 22.7 Å². The third kappa shape index (κ3) is 3.78. The summed E-state index contributed by atoms with van der Waals surface area (Å²) in [6, 6.07) is 5.74. The summed E-state index contributed by atoms with van der Waals surface area (Å²) >= 11 is 8.29. The molecule has 0 radical (unpaired) electrons. The van der Waals surface area contributed by atoms with Crippen LogP contribution in [0.1, 0.15) is 29.8 Å². The molecule has 1 aromatic rings. The first kappa shape index (κ1) is 15.1. The number of rotatable bonds is 4. The number of thiocarbonyl (C=S) groups is 1. The van der Waals surface area contributed by atoms with E-state index in [1.807, 2.05) is 39.0 Å². The van der Waals surface area contributed by atoms with Crippen molar-refractivity contribution in [1.29, 1.82) is 0 Å². The van der Waals surface area contributed by atoms with Crippen LogP contribution in [-0.4, -0.2) is 28.4 Å². The predicted octanol–water partition coefficient (Wildman–Crippen LogP) is 2.89. The van der Waals surface area contributed by atoms with Gasteiger partial charge in [-0.2, -0.15) is 0 Å². The lowest BCUT2D eigenvalue weighted by atomic mass is 10.1. The first-order valence-electron chi connectivity index (χ1n) is 5.68. The summed E-state index contributed by atoms with van der Waals surface area (Å²) in [4.78, 5) is 14.5. The van der Waals surface area contributed by atoms with Gasteiger partial charge in [-0.05, 0) is 48.8 Å². The molecule has 2 N–H and O–H groups in total. The second kappa shape index (κ2) is 6.29. The number of nitrogens with two attached hydrogens (primary N) is 1. The van der Waals surface area contributed by atoms with Crippen LogP contribution in [0, 0.1) is 6.92 Å². The number of aryl methyl sites for hydroxylation is 1. The van der Waals surface area contributed by atoms with Gasteiger partial charge in [-0.15, -0.1) is 0 Å². The number of nitrogens with zero attached hydrogens (tertiary/aromatic N) is 1. The minimum Gasteiger partial charge on any atom is -0.392 e. The highest BCUT2D eigenvalue weighted by Gasteiger charge is 2.21. The van der Waals surface area contributed by atoms with E-state index < -0.39 is 0 Å². The van der Waals surface area contributed by atoms with Crippen LogP contribution in [0.2, 0.25) is 0 Å². The number of halogens is 1. The smallest absolute Gasteiger partial charge is 0.255 e. The van der Waals surface area contributed by atoms with Crippen molar-refractivity contribution in [2.75, 3.05) is 6.54 Å².